The van der Waals surface area contributed by atoms with E-state index >= 15 is 4.39 Å². The van der Waals surface area contributed by atoms with E-state index in [-0.39, 0.29) is 17.8 Å². The number of sulfonamides is 1. The van der Waals surface area contributed by atoms with E-state index in [4.69, 9.17) is 4.74 Å². The van der Waals surface area contributed by atoms with Crippen LogP contribution in [0, 0.1) is 12.7 Å². The van der Waals surface area contributed by atoms with E-state index in [0.29, 0.717) is 11.3 Å². The lowest BCUT2D eigenvalue weighted by molar-refractivity contribution is 0.125. The van der Waals surface area contributed by atoms with Crippen LogP contribution in [0.15, 0.2) is 47.9 Å². The minimum atomic E-state index is -4.15. The second-order valence-electron chi connectivity index (χ2n) is 8.02. The summed E-state index contributed by atoms with van der Waals surface area (Å²) in [5, 5.41) is 4.27. The summed E-state index contributed by atoms with van der Waals surface area (Å²) in [6.45, 7) is 1.72. The third kappa shape index (κ3) is 4.19. The number of ether oxygens (including phenoxy) is 1. The van der Waals surface area contributed by atoms with Gasteiger partial charge in [-0.3, -0.25) is 8.99 Å². The van der Waals surface area contributed by atoms with Crippen LogP contribution in [0.4, 0.5) is 10.2 Å². The van der Waals surface area contributed by atoms with Crippen molar-refractivity contribution in [3.63, 3.8) is 0 Å². The monoisotopic (exact) mass is 459 g/mol. The van der Waals surface area contributed by atoms with Crippen molar-refractivity contribution >= 4 is 15.8 Å². The largest absolute Gasteiger partial charge is 0.489 e. The van der Waals surface area contributed by atoms with Crippen molar-refractivity contribution < 1.29 is 17.5 Å². The highest BCUT2D eigenvalue weighted by atomic mass is 32.2. The lowest BCUT2D eigenvalue weighted by Crippen LogP contribution is -2.31. The van der Waals surface area contributed by atoms with Crippen molar-refractivity contribution in [3.8, 4) is 5.75 Å². The van der Waals surface area contributed by atoms with Gasteiger partial charge in [-0.2, -0.15) is 5.10 Å². The van der Waals surface area contributed by atoms with Crippen LogP contribution in [-0.4, -0.2) is 41.3 Å². The number of nitrogens with zero attached hydrogens (tertiary/aromatic N) is 5. The molecule has 1 saturated carbocycles. The molecule has 0 saturated heterocycles. The van der Waals surface area contributed by atoms with Crippen molar-refractivity contribution in [1.29, 1.82) is 0 Å². The van der Waals surface area contributed by atoms with Crippen molar-refractivity contribution in [2.24, 2.45) is 7.05 Å². The number of aromatic nitrogens is 4. The Labute approximate surface area is 187 Å². The first-order valence-electron chi connectivity index (χ1n) is 10.5. The number of halogens is 1. The average Bonchev–Trinajstić information content (AvgIpc) is 3.22. The molecule has 0 bridgehead atoms. The minimum Gasteiger partial charge on any atom is -0.489 e. The Balaban J connectivity index is 1.62. The molecule has 8 nitrogen and oxygen atoms in total. The molecule has 2 aromatic heterocycles. The van der Waals surface area contributed by atoms with Crippen LogP contribution in [0.25, 0.3) is 0 Å². The van der Waals surface area contributed by atoms with Gasteiger partial charge in [0.05, 0.1) is 0 Å². The normalized spacial score (nSPS) is 19.0. The molecule has 0 radical (unpaired) electrons. The molecule has 0 aliphatic heterocycles. The molecule has 2 atom stereocenters. The smallest absolute Gasteiger partial charge is 0.268 e. The van der Waals surface area contributed by atoms with E-state index in [1.807, 2.05) is 17.8 Å². The molecule has 170 valence electrons. The molecule has 3 aromatic rings. The molecule has 0 amide bonds. The molecular formula is C22H26FN5O3S. The van der Waals surface area contributed by atoms with Crippen LogP contribution in [0.1, 0.15) is 42.9 Å². The fraction of sp³-hybridized carbons (Fsp3) is 0.409. The van der Waals surface area contributed by atoms with Crippen molar-refractivity contribution in [1.82, 2.24) is 19.7 Å². The average molecular weight is 460 g/mol. The van der Waals surface area contributed by atoms with E-state index in [0.717, 1.165) is 35.7 Å². The van der Waals surface area contributed by atoms with Gasteiger partial charge in [0.15, 0.2) is 0 Å². The van der Waals surface area contributed by atoms with Gasteiger partial charge in [0.2, 0.25) is 0 Å². The second kappa shape index (κ2) is 8.85. The highest BCUT2D eigenvalue weighted by molar-refractivity contribution is 7.92. The second-order valence-corrected chi connectivity index (χ2v) is 9.95. The van der Waals surface area contributed by atoms with Crippen LogP contribution in [0.2, 0.25) is 0 Å². The summed E-state index contributed by atoms with van der Waals surface area (Å²) < 4.78 is 50.2. The molecule has 1 aromatic carbocycles. The third-order valence-electron chi connectivity index (χ3n) is 5.98. The Bertz CT molecular complexity index is 1200. The Morgan fingerprint density at radius 3 is 2.66 bits per heavy atom. The van der Waals surface area contributed by atoms with E-state index in [2.05, 4.69) is 15.1 Å². The quantitative estimate of drug-likeness (QED) is 0.560. The van der Waals surface area contributed by atoms with Crippen molar-refractivity contribution in [3.05, 3.63) is 60.1 Å². The fourth-order valence-electron chi connectivity index (χ4n) is 4.19. The molecular weight excluding hydrogens is 433 g/mol. The number of aryl methyl sites for hydroxylation is 2. The Kier molecular flexibility index (Phi) is 6.14. The molecule has 32 heavy (non-hydrogen) atoms. The van der Waals surface area contributed by atoms with E-state index in [1.165, 1.54) is 37.8 Å². The highest BCUT2D eigenvalue weighted by Gasteiger charge is 2.32. The Morgan fingerprint density at radius 1 is 1.19 bits per heavy atom. The SMILES string of the molecule is Cc1cc(S(=O)(=O)N(C)c2ccncn2)c(F)cc1O[C@H]1CCCC[C@@H]1c1ccnn1C. The number of hydrogen-bond acceptors (Lipinski definition) is 6. The molecule has 0 spiro atoms. The Hall–Kier alpha value is -3.01. The molecule has 1 aliphatic carbocycles. The highest BCUT2D eigenvalue weighted by Crippen LogP contribution is 2.37. The summed E-state index contributed by atoms with van der Waals surface area (Å²) >= 11 is 0. The lowest BCUT2D eigenvalue weighted by Gasteiger charge is -2.32. The predicted molar refractivity (Wildman–Crippen MR) is 118 cm³/mol. The summed E-state index contributed by atoms with van der Waals surface area (Å²) in [5.74, 6) is -0.214. The summed E-state index contributed by atoms with van der Waals surface area (Å²) in [5.41, 5.74) is 1.63. The van der Waals surface area contributed by atoms with Gasteiger partial charge in [-0.05, 0) is 43.9 Å². The molecule has 10 heteroatoms. The van der Waals surface area contributed by atoms with Gasteiger partial charge in [-0.1, -0.05) is 6.42 Å². The number of benzene rings is 1. The van der Waals surface area contributed by atoms with Crippen LogP contribution in [-0.2, 0) is 17.1 Å². The molecule has 1 aliphatic rings. The van der Waals surface area contributed by atoms with Gasteiger partial charge < -0.3 is 4.74 Å². The summed E-state index contributed by atoms with van der Waals surface area (Å²) in [4.78, 5) is 7.30. The molecule has 2 heterocycles. The first kappa shape index (κ1) is 22.2. The van der Waals surface area contributed by atoms with Gasteiger partial charge in [-0.15, -0.1) is 0 Å². The van der Waals surface area contributed by atoms with Gasteiger partial charge >= 0.3 is 0 Å². The van der Waals surface area contributed by atoms with Gasteiger partial charge in [-0.25, -0.2) is 22.8 Å². The van der Waals surface area contributed by atoms with Crippen LogP contribution in [0.5, 0.6) is 5.75 Å². The molecule has 4 rings (SSSR count). The summed E-state index contributed by atoms with van der Waals surface area (Å²) in [6.07, 6.45) is 8.21. The van der Waals surface area contributed by atoms with Gasteiger partial charge in [0, 0.05) is 50.2 Å². The minimum absolute atomic E-state index is 0.136. The van der Waals surface area contributed by atoms with E-state index in [9.17, 15) is 8.42 Å². The van der Waals surface area contributed by atoms with Crippen molar-refractivity contribution in [2.75, 3.05) is 11.4 Å². The van der Waals surface area contributed by atoms with Gasteiger partial charge in [0.1, 0.15) is 34.7 Å². The third-order valence-corrected chi connectivity index (χ3v) is 7.75. The molecule has 1 fully saturated rings. The first-order chi connectivity index (χ1) is 15.3. The summed E-state index contributed by atoms with van der Waals surface area (Å²) in [6, 6.07) is 5.92. The van der Waals surface area contributed by atoms with E-state index < -0.39 is 20.7 Å². The zero-order chi connectivity index (χ0) is 22.9. The summed E-state index contributed by atoms with van der Waals surface area (Å²) in [7, 11) is -0.913. The van der Waals surface area contributed by atoms with Crippen LogP contribution >= 0.6 is 0 Å². The van der Waals surface area contributed by atoms with Crippen LogP contribution in [0.3, 0.4) is 0 Å². The zero-order valence-electron chi connectivity index (χ0n) is 18.3. The topological polar surface area (TPSA) is 90.2 Å². The Morgan fingerprint density at radius 2 is 1.97 bits per heavy atom. The first-order valence-corrected chi connectivity index (χ1v) is 11.9. The number of anilines is 1. The number of hydrogen-bond donors (Lipinski definition) is 0. The maximum Gasteiger partial charge on any atom is 0.268 e. The predicted octanol–water partition coefficient (Wildman–Crippen LogP) is 3.59. The van der Waals surface area contributed by atoms with E-state index in [1.54, 1.807) is 13.1 Å². The lowest BCUT2D eigenvalue weighted by atomic mass is 9.84. The van der Waals surface area contributed by atoms with Crippen LogP contribution < -0.4 is 9.04 Å². The molecule has 0 unspecified atom stereocenters. The van der Waals surface area contributed by atoms with Crippen molar-refractivity contribution in [2.45, 2.75) is 49.5 Å². The zero-order valence-corrected chi connectivity index (χ0v) is 19.1. The fourth-order valence-corrected chi connectivity index (χ4v) is 5.47. The maximum absolute atomic E-state index is 15.1. The molecule has 0 N–H and O–H groups in total. The number of rotatable bonds is 6. The standard InChI is InChI=1S/C22H26FN5O3S/c1-15-12-21(32(29,30)28(3)22-9-10-24-14-25-22)17(23)13-20(15)31-19-7-5-4-6-16(19)18-8-11-26-27(18)2/h8-14,16,19H,4-7H2,1-3H3/t16-,19+/m1/s1. The maximum atomic E-state index is 15.1. The van der Waals surface area contributed by atoms with Gasteiger partial charge in [0.25, 0.3) is 10.0 Å².